The number of carbonyl (C=O) groups is 11. The number of rotatable bonds is 12. The molecule has 1 saturated carbocycles. The molecule has 11 amide bonds. The van der Waals surface area contributed by atoms with Gasteiger partial charge in [0.05, 0.1) is 25.2 Å². The van der Waals surface area contributed by atoms with Crippen molar-refractivity contribution < 1.29 is 70.3 Å². The summed E-state index contributed by atoms with van der Waals surface area (Å²) in [5.74, 6) is -10.7. The highest BCUT2D eigenvalue weighted by Gasteiger charge is 2.44. The fourth-order valence-corrected chi connectivity index (χ4v) is 11.6. The van der Waals surface area contributed by atoms with Crippen LogP contribution in [0, 0.1) is 29.5 Å². The second kappa shape index (κ2) is 34.9. The van der Waals surface area contributed by atoms with Crippen LogP contribution < -0.4 is 21.3 Å². The predicted octanol–water partition coefficient (Wildman–Crippen LogP) is 5.85. The van der Waals surface area contributed by atoms with Gasteiger partial charge in [-0.15, -0.1) is 0 Å². The lowest BCUT2D eigenvalue weighted by molar-refractivity contribution is -0.149. The molecule has 27 heteroatoms. The number of aryl methyl sites for hydroxylation is 1. The van der Waals surface area contributed by atoms with E-state index in [-0.39, 0.29) is 61.8 Å². The number of carbonyl (C=O) groups excluding carboxylic acids is 11. The highest BCUT2D eigenvalue weighted by atomic mass is 35.5. The minimum atomic E-state index is -5.01. The lowest BCUT2D eigenvalue weighted by atomic mass is 9.82. The van der Waals surface area contributed by atoms with Crippen molar-refractivity contribution in [2.24, 2.45) is 23.7 Å². The van der Waals surface area contributed by atoms with Gasteiger partial charge >= 0.3 is 6.18 Å². The summed E-state index contributed by atoms with van der Waals surface area (Å²) in [5, 5.41) is 11.5. The van der Waals surface area contributed by atoms with Crippen molar-refractivity contribution in [3.63, 3.8) is 0 Å². The summed E-state index contributed by atoms with van der Waals surface area (Å²) >= 11 is 6.20. The third-order valence-corrected chi connectivity index (χ3v) is 18.6. The van der Waals surface area contributed by atoms with Gasteiger partial charge in [-0.2, -0.15) is 13.2 Å². The summed E-state index contributed by atoms with van der Waals surface area (Å²) < 4.78 is 55.8. The van der Waals surface area contributed by atoms with E-state index in [4.69, 9.17) is 11.6 Å². The normalized spacial score (nSPS) is 24.4. The Kier molecular flexibility index (Phi) is 29.3. The Balaban J connectivity index is 1.85. The van der Waals surface area contributed by atoms with Crippen LogP contribution in [0.4, 0.5) is 17.6 Å². The number of hydrogen-bond acceptors (Lipinski definition) is 11. The Bertz CT molecular complexity index is 3020. The van der Waals surface area contributed by atoms with Crippen molar-refractivity contribution in [1.29, 1.82) is 0 Å². The Labute approximate surface area is 556 Å². The SMILES string of the molecule is CC[C@H](C)[C@@H]1NC(=O)[C@H](CC(C)C)N(C)C(=O)C[C@@H](C)N(C)C(=O)[C@H](C2CCCCC2)NC(=O)C(C)(C)N(C)C(=O)[C@H](CC(C)C)NC(=O)[C@H](CCc2ccc(C(F)(F)F)c(F)c2)NC(=O)CN(C)C(=O)[C@H](Cc2ccc(Cl)cc2)N(C)C(=O)CN(C)C(=O)CN(C)C1=O. The quantitative estimate of drug-likeness (QED) is 0.183. The average molecular weight is 1350 g/mol. The van der Waals surface area contributed by atoms with Crippen LogP contribution in [0.25, 0.3) is 0 Å². The van der Waals surface area contributed by atoms with Gasteiger partial charge in [0.25, 0.3) is 0 Å². The van der Waals surface area contributed by atoms with Crippen LogP contribution in [0.15, 0.2) is 42.5 Å². The average Bonchev–Trinajstić information content (AvgIpc) is 0.821. The summed E-state index contributed by atoms with van der Waals surface area (Å²) in [7, 11) is 9.63. The molecule has 22 nitrogen and oxygen atoms in total. The van der Waals surface area contributed by atoms with Crippen molar-refractivity contribution in [3.05, 3.63) is 70.0 Å². The van der Waals surface area contributed by atoms with Crippen LogP contribution in [0.5, 0.6) is 0 Å². The summed E-state index contributed by atoms with van der Waals surface area (Å²) in [6.07, 6.45) is -1.88. The Morgan fingerprint density at radius 1 is 0.606 bits per heavy atom. The molecular weight excluding hydrogens is 1250 g/mol. The number of likely N-dealkylation sites (N-methyl/N-ethyl adjacent to an activating group) is 7. The van der Waals surface area contributed by atoms with Crippen molar-refractivity contribution in [3.8, 4) is 0 Å². The van der Waals surface area contributed by atoms with E-state index in [0.29, 0.717) is 42.0 Å². The maximum absolute atomic E-state index is 14.9. The van der Waals surface area contributed by atoms with Gasteiger partial charge in [-0.05, 0) is 118 Å². The largest absolute Gasteiger partial charge is 0.419 e. The smallest absolute Gasteiger partial charge is 0.343 e. The molecule has 1 saturated heterocycles. The van der Waals surface area contributed by atoms with Gasteiger partial charge in [0.1, 0.15) is 47.6 Å². The third kappa shape index (κ3) is 21.8. The molecule has 1 aliphatic carbocycles. The van der Waals surface area contributed by atoms with E-state index in [9.17, 15) is 70.3 Å². The van der Waals surface area contributed by atoms with Gasteiger partial charge in [-0.3, -0.25) is 52.7 Å². The van der Waals surface area contributed by atoms with Crippen LogP contribution in [0.2, 0.25) is 5.02 Å². The van der Waals surface area contributed by atoms with E-state index < -0.39 is 156 Å². The van der Waals surface area contributed by atoms with Crippen molar-refractivity contribution in [1.82, 2.24) is 55.6 Å². The third-order valence-electron chi connectivity index (χ3n) is 18.3. The van der Waals surface area contributed by atoms with Gasteiger partial charge in [-0.25, -0.2) is 4.39 Å². The van der Waals surface area contributed by atoms with Crippen LogP contribution in [0.3, 0.4) is 0 Å². The molecule has 4 rings (SSSR count). The lowest BCUT2D eigenvalue weighted by Gasteiger charge is -2.40. The maximum atomic E-state index is 14.9. The molecule has 2 fully saturated rings. The van der Waals surface area contributed by atoms with Crippen molar-refractivity contribution in [2.45, 2.75) is 193 Å². The molecule has 0 unspecified atom stereocenters. The van der Waals surface area contributed by atoms with Gasteiger partial charge in [0.2, 0.25) is 65.0 Å². The minimum absolute atomic E-state index is 0.0161. The minimum Gasteiger partial charge on any atom is -0.343 e. The van der Waals surface area contributed by atoms with E-state index in [2.05, 4.69) is 21.3 Å². The fourth-order valence-electron chi connectivity index (χ4n) is 11.5. The van der Waals surface area contributed by atoms with Gasteiger partial charge < -0.3 is 55.6 Å². The first-order valence-electron chi connectivity index (χ1n) is 32.3. The summed E-state index contributed by atoms with van der Waals surface area (Å²) in [6.45, 7) is 13.6. The molecule has 1 aliphatic heterocycles. The van der Waals surface area contributed by atoms with Gasteiger partial charge in [-0.1, -0.05) is 97.0 Å². The second-order valence-electron chi connectivity index (χ2n) is 27.0. The van der Waals surface area contributed by atoms with Gasteiger partial charge in [0, 0.05) is 73.2 Å². The molecule has 94 heavy (non-hydrogen) atoms. The molecule has 0 aromatic heterocycles. The zero-order valence-corrected chi connectivity index (χ0v) is 58.3. The van der Waals surface area contributed by atoms with E-state index in [1.165, 1.54) is 73.0 Å². The Morgan fingerprint density at radius 2 is 1.17 bits per heavy atom. The number of nitrogens with zero attached hydrogens (tertiary/aromatic N) is 7. The Hall–Kier alpha value is -7.38. The lowest BCUT2D eigenvalue weighted by Crippen LogP contribution is -2.64. The van der Waals surface area contributed by atoms with E-state index in [0.717, 1.165) is 49.8 Å². The molecule has 2 aliphatic rings. The summed E-state index contributed by atoms with van der Waals surface area (Å²) in [5.41, 5.74) is -2.69. The molecule has 4 N–H and O–H groups in total. The van der Waals surface area contributed by atoms with E-state index in [1.54, 1.807) is 52.0 Å². The van der Waals surface area contributed by atoms with Crippen LogP contribution in [-0.4, -0.2) is 216 Å². The molecular formula is C67H100ClF4N11O11. The monoisotopic (exact) mass is 1350 g/mol. The standard InChI is InChI=1S/C67H100ClF4N11O11/c1-17-41(6)57-63(92)79(12)37-55(86)77(10)38-56(87)82(15)52(35-44-23-27-46(68)28-24-44)62(91)78(11)36-53(84)73-49(30-26-43-25-29-47(48(69)34-43)67(70,71)72)59(88)74-50(31-39(2)3)61(90)83(16)66(8,9)65(94)76-58(45-21-19-18-20-22-45)64(93)80(13)42(7)33-54(85)81(14)51(32-40(4)5)60(89)75-57/h23-25,27-29,34,39-42,45,49-52,57-58H,17-22,26,30-33,35-38H2,1-16H3,(H,73,84)(H,74,88)(H,75,89)(H,76,94)/t41-,42+,49-,50-,51-,52-,57-,58-/m0/s1. The van der Waals surface area contributed by atoms with E-state index >= 15 is 0 Å². The molecule has 0 bridgehead atoms. The van der Waals surface area contributed by atoms with Gasteiger partial charge in [0.15, 0.2) is 0 Å². The number of hydrogen-bond donors (Lipinski definition) is 4. The molecule has 1 heterocycles. The fraction of sp³-hybridized carbons (Fsp3) is 0.657. The van der Waals surface area contributed by atoms with Crippen LogP contribution >= 0.6 is 11.6 Å². The van der Waals surface area contributed by atoms with Crippen LogP contribution in [0.1, 0.15) is 143 Å². The molecule has 0 radical (unpaired) electrons. The number of amides is 11. The zero-order chi connectivity index (χ0) is 71.0. The summed E-state index contributed by atoms with van der Waals surface area (Å²) in [6, 6.07) is 0.121. The van der Waals surface area contributed by atoms with Crippen LogP contribution in [-0.2, 0) is 71.8 Å². The molecule has 0 spiro atoms. The number of alkyl halides is 3. The molecule has 524 valence electrons. The van der Waals surface area contributed by atoms with E-state index in [1.807, 2.05) is 20.8 Å². The second-order valence-corrected chi connectivity index (χ2v) is 27.4. The number of benzene rings is 2. The zero-order valence-electron chi connectivity index (χ0n) is 57.5. The first-order valence-corrected chi connectivity index (χ1v) is 32.7. The predicted molar refractivity (Wildman–Crippen MR) is 347 cm³/mol. The molecule has 8 atom stereocenters. The highest BCUT2D eigenvalue weighted by molar-refractivity contribution is 6.30. The number of halogens is 5. The molecule has 2 aromatic rings. The van der Waals surface area contributed by atoms with Crippen molar-refractivity contribution in [2.75, 3.05) is 69.0 Å². The highest BCUT2D eigenvalue weighted by Crippen LogP contribution is 2.33. The maximum Gasteiger partial charge on any atom is 0.419 e. The van der Waals surface area contributed by atoms with Crippen molar-refractivity contribution >= 4 is 76.6 Å². The molecule has 2 aromatic carbocycles. The number of nitrogens with one attached hydrogen (secondary N) is 4. The first kappa shape index (κ1) is 79.1. The summed E-state index contributed by atoms with van der Waals surface area (Å²) in [4.78, 5) is 168. The first-order chi connectivity index (χ1) is 43.7. The topological polar surface area (TPSA) is 259 Å². The Morgan fingerprint density at radius 3 is 1.73 bits per heavy atom.